The van der Waals surface area contributed by atoms with Gasteiger partial charge in [0, 0.05) is 24.1 Å². The van der Waals surface area contributed by atoms with Crippen LogP contribution in [0.1, 0.15) is 12.8 Å². The number of methoxy groups -OCH3 is 1. The second-order valence-electron chi connectivity index (χ2n) is 7.55. The molecule has 2 aromatic heterocycles. The van der Waals surface area contributed by atoms with Crippen LogP contribution in [0.25, 0.3) is 27.9 Å². The van der Waals surface area contributed by atoms with Crippen molar-refractivity contribution in [2.75, 3.05) is 26.0 Å². The van der Waals surface area contributed by atoms with Crippen LogP contribution >= 0.6 is 11.8 Å². The van der Waals surface area contributed by atoms with Crippen molar-refractivity contribution in [3.8, 4) is 17.1 Å². The molecule has 0 aliphatic carbocycles. The van der Waals surface area contributed by atoms with Crippen LogP contribution in [0, 0.1) is 0 Å². The minimum atomic E-state index is -0.0537. The Morgan fingerprint density at radius 1 is 1.22 bits per heavy atom. The molecule has 32 heavy (non-hydrogen) atoms. The number of amides is 1. The van der Waals surface area contributed by atoms with Crippen LogP contribution in [0.5, 0.6) is 5.75 Å². The number of ether oxygens (including phenoxy) is 2. The van der Waals surface area contributed by atoms with Gasteiger partial charge in [0.1, 0.15) is 11.6 Å². The van der Waals surface area contributed by atoms with E-state index in [0.717, 1.165) is 41.7 Å². The molecule has 2 aromatic carbocycles. The molecule has 1 saturated heterocycles. The van der Waals surface area contributed by atoms with Crippen molar-refractivity contribution in [3.63, 3.8) is 0 Å². The monoisotopic (exact) mass is 449 g/mol. The summed E-state index contributed by atoms with van der Waals surface area (Å²) in [6, 6.07) is 15.6. The molecule has 0 spiro atoms. The number of hydrogen-bond acceptors (Lipinski definition) is 7. The third-order valence-corrected chi connectivity index (χ3v) is 6.38. The molecule has 8 nitrogen and oxygen atoms in total. The molecule has 1 aliphatic rings. The molecule has 0 radical (unpaired) electrons. The van der Waals surface area contributed by atoms with E-state index in [0.29, 0.717) is 23.2 Å². The minimum Gasteiger partial charge on any atom is -0.497 e. The lowest BCUT2D eigenvalue weighted by Crippen LogP contribution is -2.32. The van der Waals surface area contributed by atoms with Crippen LogP contribution in [-0.2, 0) is 9.53 Å². The first-order chi connectivity index (χ1) is 15.7. The summed E-state index contributed by atoms with van der Waals surface area (Å²) >= 11 is 1.34. The molecule has 1 aliphatic heterocycles. The number of rotatable bonds is 7. The quantitative estimate of drug-likeness (QED) is 0.433. The number of nitrogens with one attached hydrogen (secondary N) is 1. The molecule has 1 amide bonds. The number of carbonyl (C=O) groups is 1. The first kappa shape index (κ1) is 20.7. The van der Waals surface area contributed by atoms with Crippen LogP contribution in [-0.4, -0.2) is 57.6 Å². The van der Waals surface area contributed by atoms with Crippen LogP contribution < -0.4 is 10.1 Å². The summed E-state index contributed by atoms with van der Waals surface area (Å²) in [6.07, 6.45) is 2.16. The minimum absolute atomic E-state index is 0.0537. The van der Waals surface area contributed by atoms with Crippen LogP contribution in [0.2, 0.25) is 0 Å². The van der Waals surface area contributed by atoms with Gasteiger partial charge in [-0.25, -0.2) is 4.98 Å². The Hall–Kier alpha value is -3.17. The third kappa shape index (κ3) is 4.13. The molecule has 1 unspecified atom stereocenters. The zero-order valence-corrected chi connectivity index (χ0v) is 18.5. The summed E-state index contributed by atoms with van der Waals surface area (Å²) in [7, 11) is 1.64. The van der Waals surface area contributed by atoms with Crippen LogP contribution in [0.3, 0.4) is 0 Å². The normalized spacial score (nSPS) is 16.0. The van der Waals surface area contributed by atoms with Gasteiger partial charge in [0.15, 0.2) is 10.8 Å². The molecule has 1 fully saturated rings. The van der Waals surface area contributed by atoms with Gasteiger partial charge in [-0.1, -0.05) is 23.9 Å². The lowest BCUT2D eigenvalue weighted by Gasteiger charge is -2.11. The Morgan fingerprint density at radius 3 is 2.84 bits per heavy atom. The smallest absolute Gasteiger partial charge is 0.230 e. The van der Waals surface area contributed by atoms with Gasteiger partial charge in [-0.2, -0.15) is 0 Å². The highest BCUT2D eigenvalue weighted by atomic mass is 32.2. The van der Waals surface area contributed by atoms with E-state index in [1.54, 1.807) is 7.11 Å². The summed E-state index contributed by atoms with van der Waals surface area (Å²) < 4.78 is 12.8. The van der Waals surface area contributed by atoms with Crippen LogP contribution in [0.15, 0.2) is 53.7 Å². The molecule has 1 atom stereocenters. The Bertz CT molecular complexity index is 1250. The molecular weight excluding hydrogens is 426 g/mol. The lowest BCUT2D eigenvalue weighted by molar-refractivity contribution is -0.119. The van der Waals surface area contributed by atoms with E-state index in [1.807, 2.05) is 52.9 Å². The number of thioether (sulfide) groups is 1. The molecular formula is C23H23N5O3S. The van der Waals surface area contributed by atoms with Gasteiger partial charge in [-0.05, 0) is 49.2 Å². The predicted molar refractivity (Wildman–Crippen MR) is 123 cm³/mol. The van der Waals surface area contributed by atoms with Crippen molar-refractivity contribution < 1.29 is 14.3 Å². The molecule has 0 saturated carbocycles. The average Bonchev–Trinajstić information content (AvgIpc) is 3.51. The van der Waals surface area contributed by atoms with E-state index in [4.69, 9.17) is 14.5 Å². The number of fused-ring (bicyclic) bond motifs is 3. The average molecular weight is 450 g/mol. The largest absolute Gasteiger partial charge is 0.497 e. The van der Waals surface area contributed by atoms with Crippen molar-refractivity contribution in [1.29, 1.82) is 0 Å². The fourth-order valence-electron chi connectivity index (χ4n) is 3.80. The second-order valence-corrected chi connectivity index (χ2v) is 8.49. The number of benzene rings is 2. The van der Waals surface area contributed by atoms with E-state index in [-0.39, 0.29) is 17.8 Å². The van der Waals surface area contributed by atoms with E-state index in [1.165, 1.54) is 11.8 Å². The lowest BCUT2D eigenvalue weighted by atomic mass is 10.1. The van der Waals surface area contributed by atoms with E-state index in [9.17, 15) is 4.79 Å². The van der Waals surface area contributed by atoms with Gasteiger partial charge in [0.25, 0.3) is 0 Å². The van der Waals surface area contributed by atoms with Gasteiger partial charge in [0.05, 0.1) is 24.5 Å². The van der Waals surface area contributed by atoms with Crippen molar-refractivity contribution in [2.45, 2.75) is 24.1 Å². The molecule has 4 aromatic rings. The highest BCUT2D eigenvalue weighted by Crippen LogP contribution is 2.29. The van der Waals surface area contributed by atoms with Gasteiger partial charge in [-0.15, -0.1) is 10.2 Å². The van der Waals surface area contributed by atoms with E-state index in [2.05, 4.69) is 15.5 Å². The van der Waals surface area contributed by atoms with Crippen molar-refractivity contribution in [1.82, 2.24) is 24.9 Å². The fraction of sp³-hybridized carbons (Fsp3) is 0.304. The van der Waals surface area contributed by atoms with Crippen molar-refractivity contribution in [3.05, 3.63) is 48.5 Å². The highest BCUT2D eigenvalue weighted by molar-refractivity contribution is 7.99. The zero-order valence-electron chi connectivity index (χ0n) is 17.7. The van der Waals surface area contributed by atoms with Gasteiger partial charge >= 0.3 is 0 Å². The maximum atomic E-state index is 12.4. The molecule has 164 valence electrons. The number of carbonyl (C=O) groups excluding carboxylic acids is 1. The standard InChI is InChI=1S/C23H23N5O3S/c1-30-16-10-8-15(9-11-16)21-25-19-7-3-2-6-18(19)22-26-27-23(28(21)22)32-14-20(29)24-13-17-5-4-12-31-17/h2-3,6-11,17H,4-5,12-14H2,1H3,(H,24,29). The summed E-state index contributed by atoms with van der Waals surface area (Å²) in [4.78, 5) is 17.3. The maximum Gasteiger partial charge on any atom is 0.230 e. The highest BCUT2D eigenvalue weighted by Gasteiger charge is 2.19. The number of aromatic nitrogens is 4. The number of para-hydroxylation sites is 1. The van der Waals surface area contributed by atoms with E-state index < -0.39 is 0 Å². The molecule has 9 heteroatoms. The van der Waals surface area contributed by atoms with Gasteiger partial charge in [0.2, 0.25) is 5.91 Å². The number of hydrogen-bond donors (Lipinski definition) is 1. The summed E-state index contributed by atoms with van der Waals surface area (Å²) in [5.41, 5.74) is 2.46. The van der Waals surface area contributed by atoms with E-state index >= 15 is 0 Å². The summed E-state index contributed by atoms with van der Waals surface area (Å²) in [6.45, 7) is 1.32. The predicted octanol–water partition coefficient (Wildman–Crippen LogP) is 3.34. The van der Waals surface area contributed by atoms with Crippen LogP contribution in [0.4, 0.5) is 0 Å². The summed E-state index contributed by atoms with van der Waals surface area (Å²) in [5.74, 6) is 1.67. The molecule has 5 rings (SSSR count). The Kier molecular flexibility index (Phi) is 5.91. The zero-order chi connectivity index (χ0) is 21.9. The number of nitrogens with zero attached hydrogens (tertiary/aromatic N) is 4. The van der Waals surface area contributed by atoms with Crippen molar-refractivity contribution in [2.24, 2.45) is 0 Å². The Balaban J connectivity index is 1.46. The third-order valence-electron chi connectivity index (χ3n) is 5.45. The molecule has 0 bridgehead atoms. The summed E-state index contributed by atoms with van der Waals surface area (Å²) in [5, 5.41) is 13.3. The maximum absolute atomic E-state index is 12.4. The van der Waals surface area contributed by atoms with Gasteiger partial charge in [-0.3, -0.25) is 9.20 Å². The Labute approximate surface area is 189 Å². The Morgan fingerprint density at radius 2 is 2.06 bits per heavy atom. The molecule has 1 N–H and O–H groups in total. The fourth-order valence-corrected chi connectivity index (χ4v) is 4.56. The second kappa shape index (κ2) is 9.13. The van der Waals surface area contributed by atoms with Gasteiger partial charge < -0.3 is 14.8 Å². The SMILES string of the molecule is COc1ccc(-c2nc3ccccc3c3nnc(SCC(=O)NCC4CCCO4)n23)cc1. The topological polar surface area (TPSA) is 90.6 Å². The first-order valence-electron chi connectivity index (χ1n) is 10.5. The molecule has 3 heterocycles. The van der Waals surface area contributed by atoms with Crippen molar-refractivity contribution >= 4 is 34.2 Å². The first-order valence-corrected chi connectivity index (χ1v) is 11.5.